The fraction of sp³-hybridized carbons (Fsp3) is 0.385. The van der Waals surface area contributed by atoms with E-state index in [4.69, 9.17) is 13.9 Å². The number of aryl methyl sites for hydroxylation is 2. The predicted octanol–water partition coefficient (Wildman–Crippen LogP) is 4.21. The van der Waals surface area contributed by atoms with Crippen LogP contribution in [0.5, 0.6) is 5.75 Å². The monoisotopic (exact) mass is 434 g/mol. The largest absolute Gasteiger partial charge is 0.493 e. The van der Waals surface area contributed by atoms with E-state index in [0.717, 1.165) is 42.2 Å². The lowest BCUT2D eigenvalue weighted by Gasteiger charge is -2.16. The van der Waals surface area contributed by atoms with Gasteiger partial charge in [0.1, 0.15) is 11.5 Å². The van der Waals surface area contributed by atoms with Crippen LogP contribution in [0.25, 0.3) is 11.5 Å². The number of carbonyl (C=O) groups is 1. The molecule has 2 heterocycles. The zero-order valence-corrected chi connectivity index (χ0v) is 18.7. The van der Waals surface area contributed by atoms with Crippen LogP contribution in [0.15, 0.2) is 59.0 Å². The molecule has 0 saturated carbocycles. The molecule has 2 atom stereocenters. The fourth-order valence-electron chi connectivity index (χ4n) is 4.20. The summed E-state index contributed by atoms with van der Waals surface area (Å²) in [6.07, 6.45) is 2.58. The first-order valence-corrected chi connectivity index (χ1v) is 11.2. The number of ether oxygens (including phenoxy) is 2. The molecule has 1 aliphatic heterocycles. The molecular weight excluding hydrogens is 404 g/mol. The van der Waals surface area contributed by atoms with Crippen LogP contribution < -0.4 is 10.1 Å². The average molecular weight is 435 g/mol. The van der Waals surface area contributed by atoms with Crippen molar-refractivity contribution >= 4 is 5.97 Å². The van der Waals surface area contributed by atoms with Crippen molar-refractivity contribution in [1.29, 1.82) is 0 Å². The van der Waals surface area contributed by atoms with Crippen LogP contribution in [-0.2, 0) is 22.4 Å². The van der Waals surface area contributed by atoms with Gasteiger partial charge in [-0.1, -0.05) is 30.3 Å². The first-order chi connectivity index (χ1) is 15.6. The lowest BCUT2D eigenvalue weighted by atomic mass is 9.90. The van der Waals surface area contributed by atoms with Gasteiger partial charge >= 0.3 is 5.97 Å². The standard InChI is InChI=1S/C26H30N2O4/c1-18-24(28-25(32-18)20-6-4-3-5-7-20)14-15-31-22-12-9-19(10-13-22)8-11-21-16-27-17-23(21)26(29)30-2/h3-7,9-10,12-13,21,23,27H,8,11,14-17H2,1-2H3/t21-,23-/m1/s1. The lowest BCUT2D eigenvalue weighted by Crippen LogP contribution is -2.24. The molecule has 0 spiro atoms. The number of oxazole rings is 1. The molecule has 0 aliphatic carbocycles. The van der Waals surface area contributed by atoms with Crippen LogP contribution in [0.3, 0.4) is 0 Å². The summed E-state index contributed by atoms with van der Waals surface area (Å²) in [7, 11) is 1.46. The highest BCUT2D eigenvalue weighted by molar-refractivity contribution is 5.73. The Morgan fingerprint density at radius 1 is 1.09 bits per heavy atom. The van der Waals surface area contributed by atoms with E-state index in [2.05, 4.69) is 22.4 Å². The first-order valence-electron chi connectivity index (χ1n) is 11.2. The molecule has 0 unspecified atom stereocenters. The van der Waals surface area contributed by atoms with Crippen LogP contribution >= 0.6 is 0 Å². The van der Waals surface area contributed by atoms with Crippen molar-refractivity contribution in [3.05, 3.63) is 71.6 Å². The van der Waals surface area contributed by atoms with Gasteiger partial charge in [-0.15, -0.1) is 0 Å². The van der Waals surface area contributed by atoms with Crippen LogP contribution in [0, 0.1) is 18.8 Å². The van der Waals surface area contributed by atoms with Crippen molar-refractivity contribution in [1.82, 2.24) is 10.3 Å². The van der Waals surface area contributed by atoms with Crippen molar-refractivity contribution in [3.8, 4) is 17.2 Å². The third-order valence-electron chi connectivity index (χ3n) is 6.09. The molecule has 1 saturated heterocycles. The van der Waals surface area contributed by atoms with E-state index in [9.17, 15) is 4.79 Å². The number of rotatable bonds is 9. The molecule has 32 heavy (non-hydrogen) atoms. The second-order valence-corrected chi connectivity index (χ2v) is 8.22. The number of methoxy groups -OCH3 is 1. The predicted molar refractivity (Wildman–Crippen MR) is 123 cm³/mol. The van der Waals surface area contributed by atoms with Gasteiger partial charge in [0.2, 0.25) is 5.89 Å². The quantitative estimate of drug-likeness (QED) is 0.509. The maximum Gasteiger partial charge on any atom is 0.310 e. The summed E-state index contributed by atoms with van der Waals surface area (Å²) >= 11 is 0. The molecule has 6 nitrogen and oxygen atoms in total. The molecule has 2 aromatic carbocycles. The molecule has 1 fully saturated rings. The number of carbonyl (C=O) groups excluding carboxylic acids is 1. The van der Waals surface area contributed by atoms with Gasteiger partial charge in [0.25, 0.3) is 0 Å². The molecule has 6 heteroatoms. The highest BCUT2D eigenvalue weighted by atomic mass is 16.5. The number of benzene rings is 2. The molecule has 1 aromatic heterocycles. The third kappa shape index (κ3) is 5.37. The number of nitrogens with one attached hydrogen (secondary N) is 1. The summed E-state index contributed by atoms with van der Waals surface area (Å²) in [6.45, 7) is 4.06. The topological polar surface area (TPSA) is 73.6 Å². The lowest BCUT2D eigenvalue weighted by molar-refractivity contribution is -0.146. The Balaban J connectivity index is 1.25. The molecule has 4 rings (SSSR count). The van der Waals surface area contributed by atoms with Gasteiger partial charge in [-0.2, -0.15) is 0 Å². The maximum absolute atomic E-state index is 11.9. The molecule has 0 radical (unpaired) electrons. The second-order valence-electron chi connectivity index (χ2n) is 8.22. The normalized spacial score (nSPS) is 17.9. The zero-order valence-electron chi connectivity index (χ0n) is 18.7. The Kier molecular flexibility index (Phi) is 7.22. The Morgan fingerprint density at radius 3 is 2.62 bits per heavy atom. The summed E-state index contributed by atoms with van der Waals surface area (Å²) < 4.78 is 16.7. The Bertz CT molecular complexity index is 1010. The van der Waals surface area contributed by atoms with Gasteiger partial charge in [0, 0.05) is 18.5 Å². The molecule has 168 valence electrons. The fourth-order valence-corrected chi connectivity index (χ4v) is 4.20. The van der Waals surface area contributed by atoms with E-state index in [-0.39, 0.29) is 11.9 Å². The Labute approximate surface area is 189 Å². The van der Waals surface area contributed by atoms with E-state index < -0.39 is 0 Å². The van der Waals surface area contributed by atoms with Crippen molar-refractivity contribution < 1.29 is 18.7 Å². The molecule has 0 amide bonds. The number of nitrogens with zero attached hydrogens (tertiary/aromatic N) is 1. The van der Waals surface area contributed by atoms with E-state index in [1.54, 1.807) is 0 Å². The SMILES string of the molecule is COC(=O)[C@@H]1CNC[C@H]1CCc1ccc(OCCc2nc(-c3ccccc3)oc2C)cc1. The number of hydrogen-bond donors (Lipinski definition) is 1. The second kappa shape index (κ2) is 10.5. The van der Waals surface area contributed by atoms with Gasteiger partial charge < -0.3 is 19.2 Å². The zero-order chi connectivity index (χ0) is 22.3. The van der Waals surface area contributed by atoms with Crippen LogP contribution in [0.2, 0.25) is 0 Å². The minimum Gasteiger partial charge on any atom is -0.493 e. The van der Waals surface area contributed by atoms with Gasteiger partial charge in [0.05, 0.1) is 25.3 Å². The minimum absolute atomic E-state index is 0.0370. The van der Waals surface area contributed by atoms with E-state index in [0.29, 0.717) is 31.4 Å². The summed E-state index contributed by atoms with van der Waals surface area (Å²) in [5, 5.41) is 3.30. The van der Waals surface area contributed by atoms with E-state index in [1.807, 2.05) is 49.4 Å². The molecule has 0 bridgehead atoms. The van der Waals surface area contributed by atoms with Gasteiger partial charge in [-0.3, -0.25) is 4.79 Å². The Morgan fingerprint density at radius 2 is 1.88 bits per heavy atom. The first kappa shape index (κ1) is 22.1. The molecular formula is C26H30N2O4. The number of hydrogen-bond acceptors (Lipinski definition) is 6. The summed E-state index contributed by atoms with van der Waals surface area (Å²) in [4.78, 5) is 16.5. The van der Waals surface area contributed by atoms with Crippen molar-refractivity contribution in [2.24, 2.45) is 11.8 Å². The number of esters is 1. The van der Waals surface area contributed by atoms with Crippen molar-refractivity contribution in [3.63, 3.8) is 0 Å². The van der Waals surface area contributed by atoms with Crippen LogP contribution in [-0.4, -0.2) is 37.8 Å². The smallest absolute Gasteiger partial charge is 0.310 e. The average Bonchev–Trinajstić information content (AvgIpc) is 3.45. The van der Waals surface area contributed by atoms with Gasteiger partial charge in [-0.05, 0) is 62.1 Å². The third-order valence-corrected chi connectivity index (χ3v) is 6.09. The summed E-state index contributed by atoms with van der Waals surface area (Å²) in [6, 6.07) is 18.1. The van der Waals surface area contributed by atoms with E-state index in [1.165, 1.54) is 12.7 Å². The summed E-state index contributed by atoms with van der Waals surface area (Å²) in [5.74, 6) is 2.49. The number of aromatic nitrogens is 1. The van der Waals surface area contributed by atoms with E-state index >= 15 is 0 Å². The molecule has 3 aromatic rings. The van der Waals surface area contributed by atoms with Crippen molar-refractivity contribution in [2.45, 2.75) is 26.2 Å². The molecule has 1 N–H and O–H groups in total. The maximum atomic E-state index is 11.9. The molecule has 1 aliphatic rings. The van der Waals surface area contributed by atoms with Crippen LogP contribution in [0.1, 0.15) is 23.4 Å². The summed E-state index contributed by atoms with van der Waals surface area (Å²) in [5.41, 5.74) is 3.14. The van der Waals surface area contributed by atoms with Gasteiger partial charge in [-0.25, -0.2) is 4.98 Å². The van der Waals surface area contributed by atoms with Crippen LogP contribution in [0.4, 0.5) is 0 Å². The minimum atomic E-state index is -0.109. The highest BCUT2D eigenvalue weighted by Gasteiger charge is 2.33. The van der Waals surface area contributed by atoms with Gasteiger partial charge in [0.15, 0.2) is 0 Å². The Hall–Kier alpha value is -3.12. The highest BCUT2D eigenvalue weighted by Crippen LogP contribution is 2.25. The van der Waals surface area contributed by atoms with Crippen molar-refractivity contribution in [2.75, 3.05) is 26.8 Å².